The summed E-state index contributed by atoms with van der Waals surface area (Å²) >= 11 is 0. The van der Waals surface area contributed by atoms with Gasteiger partial charge in [0.1, 0.15) is 0 Å². The molecule has 5 nitrogen and oxygen atoms in total. The molecule has 1 unspecified atom stereocenters. The Balaban J connectivity index is 1.84. The van der Waals surface area contributed by atoms with E-state index in [2.05, 4.69) is 4.90 Å². The van der Waals surface area contributed by atoms with Gasteiger partial charge < -0.3 is 15.4 Å². The van der Waals surface area contributed by atoms with Gasteiger partial charge in [-0.25, -0.2) is 0 Å². The summed E-state index contributed by atoms with van der Waals surface area (Å²) in [5.74, 6) is 0.278. The molecule has 0 aromatic rings. The summed E-state index contributed by atoms with van der Waals surface area (Å²) < 4.78 is 5.46. The van der Waals surface area contributed by atoms with Gasteiger partial charge in [0.25, 0.3) is 0 Å². The first-order chi connectivity index (χ1) is 9.31. The molecule has 110 valence electrons. The Bertz CT molecular complexity index is 272. The fourth-order valence-corrected chi connectivity index (χ4v) is 2.97. The van der Waals surface area contributed by atoms with E-state index in [9.17, 15) is 4.79 Å². The molecule has 2 aliphatic heterocycles. The van der Waals surface area contributed by atoms with Gasteiger partial charge in [-0.15, -0.1) is 0 Å². The van der Waals surface area contributed by atoms with E-state index in [1.165, 1.54) is 6.42 Å². The molecule has 2 fully saturated rings. The molecule has 0 aromatic carbocycles. The highest BCUT2D eigenvalue weighted by molar-refractivity contribution is 5.76. The van der Waals surface area contributed by atoms with Gasteiger partial charge in [-0.3, -0.25) is 9.69 Å². The minimum atomic E-state index is 0.177. The summed E-state index contributed by atoms with van der Waals surface area (Å²) in [5.41, 5.74) is 5.88. The molecular formula is C14H27N3O2. The lowest BCUT2D eigenvalue weighted by atomic mass is 10.1. The van der Waals surface area contributed by atoms with Crippen molar-refractivity contribution in [1.29, 1.82) is 0 Å². The first-order valence-electron chi connectivity index (χ1n) is 7.61. The van der Waals surface area contributed by atoms with E-state index in [0.717, 1.165) is 58.7 Å². The summed E-state index contributed by atoms with van der Waals surface area (Å²) in [6.07, 6.45) is 5.16. The number of carbonyl (C=O) groups excluding carboxylic acids is 1. The minimum Gasteiger partial charge on any atom is -0.380 e. The Morgan fingerprint density at radius 3 is 2.58 bits per heavy atom. The lowest BCUT2D eigenvalue weighted by molar-refractivity contribution is -0.133. The van der Waals surface area contributed by atoms with Gasteiger partial charge in [-0.1, -0.05) is 0 Å². The first-order valence-corrected chi connectivity index (χ1v) is 7.61. The Kier molecular flexibility index (Phi) is 6.07. The van der Waals surface area contributed by atoms with Crippen LogP contribution in [0.1, 0.15) is 32.1 Å². The summed E-state index contributed by atoms with van der Waals surface area (Å²) in [4.78, 5) is 16.7. The number of nitrogens with zero attached hydrogens (tertiary/aromatic N) is 2. The molecule has 1 atom stereocenters. The number of nitrogens with two attached hydrogens (primary N) is 1. The standard InChI is InChI=1S/C14H27N3O2/c15-12-13(16-7-4-9-19-10-8-16)11-14(18)17-5-2-1-3-6-17/h13H,1-12,15H2. The lowest BCUT2D eigenvalue weighted by Gasteiger charge is -2.32. The van der Waals surface area contributed by atoms with Gasteiger partial charge in [0.05, 0.1) is 6.61 Å². The van der Waals surface area contributed by atoms with Crippen LogP contribution in [0.15, 0.2) is 0 Å². The van der Waals surface area contributed by atoms with Crippen LogP contribution in [0.5, 0.6) is 0 Å². The molecule has 0 bridgehead atoms. The summed E-state index contributed by atoms with van der Waals surface area (Å²) in [6.45, 7) is 5.89. The van der Waals surface area contributed by atoms with Crippen LogP contribution in [-0.4, -0.2) is 67.7 Å². The average Bonchev–Trinajstić information content (AvgIpc) is 2.74. The van der Waals surface area contributed by atoms with Crippen LogP contribution in [0.25, 0.3) is 0 Å². The monoisotopic (exact) mass is 269 g/mol. The predicted molar refractivity (Wildman–Crippen MR) is 74.9 cm³/mol. The molecule has 2 N–H and O–H groups in total. The fraction of sp³-hybridized carbons (Fsp3) is 0.929. The van der Waals surface area contributed by atoms with Crippen molar-refractivity contribution in [2.75, 3.05) is 45.9 Å². The van der Waals surface area contributed by atoms with Crippen molar-refractivity contribution in [3.8, 4) is 0 Å². The smallest absolute Gasteiger partial charge is 0.224 e. The average molecular weight is 269 g/mol. The zero-order chi connectivity index (χ0) is 13.5. The number of hydrogen-bond donors (Lipinski definition) is 1. The molecule has 0 saturated carbocycles. The van der Waals surface area contributed by atoms with E-state index in [0.29, 0.717) is 13.0 Å². The maximum Gasteiger partial charge on any atom is 0.224 e. The normalized spacial score (nSPS) is 23.9. The van der Waals surface area contributed by atoms with Crippen molar-refractivity contribution >= 4 is 5.91 Å². The predicted octanol–water partition coefficient (Wildman–Crippen LogP) is 0.439. The van der Waals surface area contributed by atoms with Crippen LogP contribution < -0.4 is 5.73 Å². The van der Waals surface area contributed by atoms with Gasteiger partial charge in [0.15, 0.2) is 0 Å². The molecule has 0 aromatic heterocycles. The maximum absolute atomic E-state index is 12.3. The van der Waals surface area contributed by atoms with Crippen molar-refractivity contribution in [3.63, 3.8) is 0 Å². The molecule has 2 heterocycles. The molecule has 2 aliphatic rings. The summed E-state index contributed by atoms with van der Waals surface area (Å²) in [6, 6.07) is 0.177. The van der Waals surface area contributed by atoms with Gasteiger partial charge in [-0.2, -0.15) is 0 Å². The second-order valence-electron chi connectivity index (χ2n) is 5.54. The van der Waals surface area contributed by atoms with E-state index >= 15 is 0 Å². The fourth-order valence-electron chi connectivity index (χ4n) is 2.97. The Hall–Kier alpha value is -0.650. The van der Waals surface area contributed by atoms with Crippen molar-refractivity contribution in [3.05, 3.63) is 0 Å². The summed E-state index contributed by atoms with van der Waals surface area (Å²) in [7, 11) is 0. The molecule has 0 aliphatic carbocycles. The molecule has 0 radical (unpaired) electrons. The number of rotatable bonds is 4. The highest BCUT2D eigenvalue weighted by Gasteiger charge is 2.24. The number of carbonyl (C=O) groups is 1. The topological polar surface area (TPSA) is 58.8 Å². The van der Waals surface area contributed by atoms with E-state index in [1.807, 2.05) is 4.90 Å². The second-order valence-corrected chi connectivity index (χ2v) is 5.54. The van der Waals surface area contributed by atoms with E-state index in [-0.39, 0.29) is 11.9 Å². The summed E-state index contributed by atoms with van der Waals surface area (Å²) in [5, 5.41) is 0. The van der Waals surface area contributed by atoms with Gasteiger partial charge >= 0.3 is 0 Å². The first kappa shape index (κ1) is 14.8. The highest BCUT2D eigenvalue weighted by atomic mass is 16.5. The van der Waals surface area contributed by atoms with Crippen LogP contribution >= 0.6 is 0 Å². The molecule has 2 saturated heterocycles. The number of hydrogen-bond acceptors (Lipinski definition) is 4. The third kappa shape index (κ3) is 4.44. The second kappa shape index (κ2) is 7.82. The zero-order valence-corrected chi connectivity index (χ0v) is 11.9. The number of likely N-dealkylation sites (tertiary alicyclic amines) is 1. The van der Waals surface area contributed by atoms with Crippen molar-refractivity contribution in [2.45, 2.75) is 38.1 Å². The van der Waals surface area contributed by atoms with Crippen LogP contribution in [0.4, 0.5) is 0 Å². The number of ether oxygens (including phenoxy) is 1. The maximum atomic E-state index is 12.3. The molecule has 5 heteroatoms. The van der Waals surface area contributed by atoms with Crippen LogP contribution in [0.3, 0.4) is 0 Å². The molecule has 0 spiro atoms. The molecule has 1 amide bonds. The Labute approximate surface area is 116 Å². The molecule has 19 heavy (non-hydrogen) atoms. The van der Waals surface area contributed by atoms with Gasteiger partial charge in [0.2, 0.25) is 5.91 Å². The van der Waals surface area contributed by atoms with Crippen molar-refractivity contribution in [1.82, 2.24) is 9.80 Å². The minimum absolute atomic E-state index is 0.177. The largest absolute Gasteiger partial charge is 0.380 e. The van der Waals surface area contributed by atoms with E-state index in [1.54, 1.807) is 0 Å². The number of piperidine rings is 1. The van der Waals surface area contributed by atoms with Crippen molar-refractivity contribution in [2.24, 2.45) is 5.73 Å². The third-order valence-electron chi connectivity index (χ3n) is 4.16. The zero-order valence-electron chi connectivity index (χ0n) is 11.9. The van der Waals surface area contributed by atoms with E-state index < -0.39 is 0 Å². The Morgan fingerprint density at radius 2 is 1.84 bits per heavy atom. The van der Waals surface area contributed by atoms with Crippen LogP contribution in [0.2, 0.25) is 0 Å². The molecular weight excluding hydrogens is 242 g/mol. The highest BCUT2D eigenvalue weighted by Crippen LogP contribution is 2.13. The van der Waals surface area contributed by atoms with Crippen LogP contribution in [-0.2, 0) is 9.53 Å². The SMILES string of the molecule is NCC(CC(=O)N1CCCCC1)N1CCCOCC1. The third-order valence-corrected chi connectivity index (χ3v) is 4.16. The Morgan fingerprint density at radius 1 is 1.05 bits per heavy atom. The quantitative estimate of drug-likeness (QED) is 0.804. The van der Waals surface area contributed by atoms with Gasteiger partial charge in [-0.05, 0) is 25.7 Å². The lowest BCUT2D eigenvalue weighted by Crippen LogP contribution is -2.46. The van der Waals surface area contributed by atoms with Crippen LogP contribution in [0, 0.1) is 0 Å². The number of amides is 1. The van der Waals surface area contributed by atoms with Gasteiger partial charge in [0, 0.05) is 51.8 Å². The van der Waals surface area contributed by atoms with Crippen molar-refractivity contribution < 1.29 is 9.53 Å². The van der Waals surface area contributed by atoms with E-state index in [4.69, 9.17) is 10.5 Å². The molecule has 2 rings (SSSR count).